The zero-order chi connectivity index (χ0) is 14.0. The van der Waals surface area contributed by atoms with Crippen LogP contribution in [-0.2, 0) is 0 Å². The molecule has 1 N–H and O–H groups in total. The van der Waals surface area contributed by atoms with Crippen LogP contribution in [0.2, 0.25) is 0 Å². The van der Waals surface area contributed by atoms with Crippen molar-refractivity contribution in [2.24, 2.45) is 0 Å². The number of nitro groups is 4. The van der Waals surface area contributed by atoms with Gasteiger partial charge in [0, 0.05) is 0 Å². The van der Waals surface area contributed by atoms with Crippen molar-refractivity contribution in [1.29, 1.82) is 0 Å². The molecule has 0 amide bonds. The van der Waals surface area contributed by atoms with Crippen molar-refractivity contribution in [2.45, 2.75) is 0 Å². The lowest BCUT2D eigenvalue weighted by Crippen LogP contribution is -2.36. The molecular weight excluding hydrogens is 262 g/mol. The molecule has 0 saturated carbocycles. The van der Waals surface area contributed by atoms with Crippen LogP contribution >= 0.6 is 0 Å². The van der Waals surface area contributed by atoms with Gasteiger partial charge < -0.3 is 20.2 Å². The number of hydrogen-bond donors (Lipinski definition) is 1. The molecule has 0 aromatic carbocycles. The molecular formula is C3HN7O8. The highest BCUT2D eigenvalue weighted by atomic mass is 16.8. The second-order valence-electron chi connectivity index (χ2n) is 2.52. The first-order chi connectivity index (χ1) is 8.27. The topological polar surface area (TPSA) is 204 Å². The van der Waals surface area contributed by atoms with Crippen LogP contribution in [0.1, 0.15) is 0 Å². The van der Waals surface area contributed by atoms with Crippen LogP contribution in [0.25, 0.3) is 0 Å². The van der Waals surface area contributed by atoms with E-state index in [4.69, 9.17) is 0 Å². The Balaban J connectivity index is 3.56. The number of hydrazine groups is 2. The van der Waals surface area contributed by atoms with Crippen molar-refractivity contribution >= 4 is 17.3 Å². The van der Waals surface area contributed by atoms with Gasteiger partial charge in [0.2, 0.25) is 15.2 Å². The second kappa shape index (κ2) is 4.23. The van der Waals surface area contributed by atoms with E-state index >= 15 is 0 Å². The molecule has 1 rings (SSSR count). The van der Waals surface area contributed by atoms with E-state index < -0.39 is 42.4 Å². The highest BCUT2D eigenvalue weighted by Gasteiger charge is 2.49. The Labute approximate surface area is 94.1 Å². The maximum Gasteiger partial charge on any atom is 0.457 e. The molecule has 0 aliphatic rings. The van der Waals surface area contributed by atoms with Gasteiger partial charge in [0.05, 0.1) is 0 Å². The zero-order valence-electron chi connectivity index (χ0n) is 7.95. The smallest absolute Gasteiger partial charge is 0.358 e. The van der Waals surface area contributed by atoms with Gasteiger partial charge in [0.15, 0.2) is 0 Å². The molecule has 0 radical (unpaired) electrons. The molecule has 0 bridgehead atoms. The lowest BCUT2D eigenvalue weighted by Gasteiger charge is -2.00. The number of nitrogens with zero attached hydrogens (tertiary/aromatic N) is 6. The average Bonchev–Trinajstić information content (AvgIpc) is 2.60. The summed E-state index contributed by atoms with van der Waals surface area (Å²) in [7, 11) is 0. The standard InChI is InChI=1S/C3HN7O8/c11-7(12)2-1(3(5-4-2)8(13)14)6(9(15)16)10(17)18/h(H,4,5). The number of rotatable bonds is 5. The van der Waals surface area contributed by atoms with Crippen LogP contribution in [0.5, 0.6) is 0 Å². The SMILES string of the molecule is O=[N+]([O-])c1n[nH]c([N+](=O)[O-])c1N([N+](=O)[O-])[N+](=O)[O-]. The monoisotopic (exact) mass is 263 g/mol. The summed E-state index contributed by atoms with van der Waals surface area (Å²) in [5.74, 6) is -2.75. The molecule has 0 spiro atoms. The third-order valence-electron chi connectivity index (χ3n) is 1.57. The molecule has 96 valence electrons. The molecule has 0 aliphatic heterocycles. The predicted molar refractivity (Wildman–Crippen MR) is 48.4 cm³/mol. The van der Waals surface area contributed by atoms with Gasteiger partial charge in [-0.25, -0.2) is 20.2 Å². The molecule has 1 aromatic heterocycles. The third kappa shape index (κ3) is 1.94. The Morgan fingerprint density at radius 3 is 1.78 bits per heavy atom. The summed E-state index contributed by atoms with van der Waals surface area (Å²) in [6.07, 6.45) is 0. The third-order valence-corrected chi connectivity index (χ3v) is 1.57. The predicted octanol–water partition coefficient (Wildman–Crippen LogP) is -0.584. The molecule has 0 aliphatic carbocycles. The number of aromatic nitrogens is 2. The Morgan fingerprint density at radius 2 is 1.44 bits per heavy atom. The summed E-state index contributed by atoms with van der Waals surface area (Å²) in [5, 5.41) is 41.7. The molecule has 18 heavy (non-hydrogen) atoms. The summed E-state index contributed by atoms with van der Waals surface area (Å²) in [6, 6.07) is 0. The van der Waals surface area contributed by atoms with Gasteiger partial charge >= 0.3 is 17.3 Å². The van der Waals surface area contributed by atoms with Crippen LogP contribution < -0.4 is 5.12 Å². The van der Waals surface area contributed by atoms with E-state index in [0.717, 1.165) is 0 Å². The maximum absolute atomic E-state index is 10.4. The Bertz CT molecular complexity index is 501. The Hall–Kier alpha value is -3.39. The van der Waals surface area contributed by atoms with Crippen molar-refractivity contribution in [2.75, 3.05) is 5.12 Å². The van der Waals surface area contributed by atoms with Crippen molar-refractivity contribution in [3.63, 3.8) is 0 Å². The van der Waals surface area contributed by atoms with Gasteiger partial charge in [-0.15, -0.1) is 0 Å². The van der Waals surface area contributed by atoms with Crippen molar-refractivity contribution in [1.82, 2.24) is 10.2 Å². The number of aromatic amines is 1. The van der Waals surface area contributed by atoms with Gasteiger partial charge in [0.25, 0.3) is 0 Å². The second-order valence-corrected chi connectivity index (χ2v) is 2.52. The maximum atomic E-state index is 10.4. The Kier molecular flexibility index (Phi) is 2.98. The van der Waals surface area contributed by atoms with Gasteiger partial charge in [0.1, 0.15) is 5.10 Å². The number of nitrogens with one attached hydrogen (secondary N) is 1. The molecule has 0 unspecified atom stereocenters. The first-order valence-electron chi connectivity index (χ1n) is 3.73. The lowest BCUT2D eigenvalue weighted by molar-refractivity contribution is -0.712. The average molecular weight is 263 g/mol. The van der Waals surface area contributed by atoms with Gasteiger partial charge in [-0.1, -0.05) is 0 Å². The summed E-state index contributed by atoms with van der Waals surface area (Å²) in [6.45, 7) is 0. The number of anilines is 1. The molecule has 15 nitrogen and oxygen atoms in total. The van der Waals surface area contributed by atoms with Gasteiger partial charge in [-0.05, 0) is 14.9 Å². The quantitative estimate of drug-likeness (QED) is 0.527. The van der Waals surface area contributed by atoms with Crippen molar-refractivity contribution in [3.8, 4) is 0 Å². The van der Waals surface area contributed by atoms with E-state index in [9.17, 15) is 40.5 Å². The minimum atomic E-state index is -1.66. The fourth-order valence-corrected chi connectivity index (χ4v) is 0.979. The van der Waals surface area contributed by atoms with Crippen LogP contribution in [-0.4, -0.2) is 30.1 Å². The van der Waals surface area contributed by atoms with E-state index in [1.807, 2.05) is 0 Å². The lowest BCUT2D eigenvalue weighted by atomic mass is 10.5. The number of hydrogen-bond acceptors (Lipinski definition) is 9. The molecule has 0 fully saturated rings. The zero-order valence-corrected chi connectivity index (χ0v) is 7.95. The van der Waals surface area contributed by atoms with Crippen LogP contribution in [0.15, 0.2) is 0 Å². The first kappa shape index (κ1) is 12.7. The summed E-state index contributed by atoms with van der Waals surface area (Å²) >= 11 is 0. The minimum absolute atomic E-state index is 0.959. The fourth-order valence-electron chi connectivity index (χ4n) is 0.979. The summed E-state index contributed by atoms with van der Waals surface area (Å²) < 4.78 is 0. The highest BCUT2D eigenvalue weighted by molar-refractivity contribution is 5.66. The largest absolute Gasteiger partial charge is 0.457 e. The molecule has 0 saturated heterocycles. The van der Waals surface area contributed by atoms with E-state index in [0.29, 0.717) is 0 Å². The van der Waals surface area contributed by atoms with E-state index in [1.54, 1.807) is 0 Å². The van der Waals surface area contributed by atoms with Gasteiger partial charge in [-0.2, -0.15) is 0 Å². The van der Waals surface area contributed by atoms with Crippen molar-refractivity contribution in [3.05, 3.63) is 40.5 Å². The highest BCUT2D eigenvalue weighted by Crippen LogP contribution is 2.34. The molecule has 15 heteroatoms. The van der Waals surface area contributed by atoms with Gasteiger partial charge in [-0.3, -0.25) is 0 Å². The first-order valence-corrected chi connectivity index (χ1v) is 3.73. The fraction of sp³-hybridized carbons (Fsp3) is 0. The molecule has 0 atom stereocenters. The van der Waals surface area contributed by atoms with Crippen LogP contribution in [0.3, 0.4) is 0 Å². The van der Waals surface area contributed by atoms with E-state index in [1.165, 1.54) is 5.10 Å². The van der Waals surface area contributed by atoms with E-state index in [2.05, 4.69) is 5.10 Å². The van der Waals surface area contributed by atoms with E-state index in [-0.39, 0.29) is 0 Å². The summed E-state index contributed by atoms with van der Waals surface area (Å²) in [4.78, 5) is 39.0. The summed E-state index contributed by atoms with van der Waals surface area (Å²) in [5.41, 5.74) is -1.47. The van der Waals surface area contributed by atoms with Crippen LogP contribution in [0, 0.1) is 40.5 Å². The van der Waals surface area contributed by atoms with Crippen molar-refractivity contribution < 1.29 is 19.9 Å². The Morgan fingerprint density at radius 1 is 0.944 bits per heavy atom. The minimum Gasteiger partial charge on any atom is -0.358 e. The normalized spacial score (nSPS) is 9.78. The molecule has 1 aromatic rings. The molecule has 1 heterocycles. The number of H-pyrrole nitrogens is 1. The van der Waals surface area contributed by atoms with Crippen LogP contribution in [0.4, 0.5) is 17.3 Å².